The van der Waals surface area contributed by atoms with Crippen LogP contribution in [0.1, 0.15) is 38.1 Å². The van der Waals surface area contributed by atoms with Crippen LogP contribution in [-0.4, -0.2) is 30.3 Å². The van der Waals surface area contributed by atoms with Crippen LogP contribution in [0.4, 0.5) is 8.78 Å². The van der Waals surface area contributed by atoms with Crippen LogP contribution in [0.5, 0.6) is 0 Å². The van der Waals surface area contributed by atoms with Gasteiger partial charge in [-0.25, -0.2) is 8.78 Å². The lowest BCUT2D eigenvalue weighted by Gasteiger charge is -2.30. The molecular weight excluding hydrogens is 248 g/mol. The molecule has 0 aliphatic rings. The fourth-order valence-corrected chi connectivity index (χ4v) is 1.98. The smallest absolute Gasteiger partial charge is 0.179 e. The van der Waals surface area contributed by atoms with Crippen LogP contribution in [0.25, 0.3) is 0 Å². The summed E-state index contributed by atoms with van der Waals surface area (Å²) in [7, 11) is 1.85. The maximum absolute atomic E-state index is 13.1. The second-order valence-corrected chi connectivity index (χ2v) is 6.14. The number of carbonyl (C=O) groups excluding carboxylic acids is 1. The van der Waals surface area contributed by atoms with Gasteiger partial charge >= 0.3 is 0 Å². The van der Waals surface area contributed by atoms with E-state index in [4.69, 9.17) is 0 Å². The Balaban J connectivity index is 2.84. The Morgan fingerprint density at radius 3 is 2.32 bits per heavy atom. The summed E-state index contributed by atoms with van der Waals surface area (Å²) in [5.74, 6) is -2.13. The molecule has 0 saturated heterocycles. The summed E-state index contributed by atoms with van der Waals surface area (Å²) in [5.41, 5.74) is 0.268. The van der Waals surface area contributed by atoms with E-state index in [0.717, 1.165) is 18.7 Å². The molecule has 2 nitrogen and oxygen atoms in total. The van der Waals surface area contributed by atoms with Gasteiger partial charge in [0.2, 0.25) is 0 Å². The lowest BCUT2D eigenvalue weighted by atomic mass is 9.94. The number of ketones is 1. The molecule has 0 bridgehead atoms. The molecule has 0 aliphatic carbocycles. The van der Waals surface area contributed by atoms with E-state index in [9.17, 15) is 13.6 Å². The minimum absolute atomic E-state index is 0.0668. The van der Waals surface area contributed by atoms with Crippen LogP contribution in [0.15, 0.2) is 18.2 Å². The molecule has 0 aliphatic heterocycles. The van der Waals surface area contributed by atoms with E-state index < -0.39 is 11.6 Å². The molecule has 0 spiro atoms. The molecular formula is C15H21F2NO. The number of likely N-dealkylation sites (N-methyl/N-ethyl adjacent to an activating group) is 1. The fourth-order valence-electron chi connectivity index (χ4n) is 1.98. The molecule has 0 heterocycles. The monoisotopic (exact) mass is 269 g/mol. The van der Waals surface area contributed by atoms with E-state index in [1.54, 1.807) is 6.92 Å². The number of hydrogen-bond acceptors (Lipinski definition) is 2. The summed E-state index contributed by atoms with van der Waals surface area (Å²) in [6, 6.07) is 2.89. The predicted molar refractivity (Wildman–Crippen MR) is 72.2 cm³/mol. The lowest BCUT2D eigenvalue weighted by molar-refractivity contribution is 0.0830. The highest BCUT2D eigenvalue weighted by atomic mass is 19.2. The highest BCUT2D eigenvalue weighted by Crippen LogP contribution is 2.18. The first-order valence-electron chi connectivity index (χ1n) is 6.31. The zero-order valence-corrected chi connectivity index (χ0v) is 12.1. The summed E-state index contributed by atoms with van der Waals surface area (Å²) in [4.78, 5) is 14.1. The molecule has 4 heteroatoms. The molecule has 1 aromatic carbocycles. The van der Waals surface area contributed by atoms with Crippen molar-refractivity contribution < 1.29 is 13.6 Å². The van der Waals surface area contributed by atoms with Crippen LogP contribution >= 0.6 is 0 Å². The zero-order valence-electron chi connectivity index (χ0n) is 12.1. The minimum Gasteiger partial charge on any atom is -0.296 e. The third-order valence-corrected chi connectivity index (χ3v) is 2.97. The Morgan fingerprint density at radius 1 is 1.26 bits per heavy atom. The minimum atomic E-state index is -0.989. The standard InChI is InChI=1S/C15H21F2NO/c1-10(18(5)9-15(2,3)4)14(19)11-6-7-12(16)13(17)8-11/h6-8,10H,9H2,1-5H3. The Bertz CT molecular complexity index is 466. The molecule has 1 atom stereocenters. The van der Waals surface area contributed by atoms with Gasteiger partial charge in [0.05, 0.1) is 6.04 Å². The van der Waals surface area contributed by atoms with Gasteiger partial charge in [-0.1, -0.05) is 20.8 Å². The van der Waals surface area contributed by atoms with E-state index in [0.29, 0.717) is 0 Å². The van der Waals surface area contributed by atoms with Gasteiger partial charge in [-0.05, 0) is 37.6 Å². The van der Waals surface area contributed by atoms with E-state index >= 15 is 0 Å². The second kappa shape index (κ2) is 5.78. The van der Waals surface area contributed by atoms with E-state index in [1.165, 1.54) is 6.07 Å². The van der Waals surface area contributed by atoms with Crippen LogP contribution in [0.3, 0.4) is 0 Å². The van der Waals surface area contributed by atoms with Crippen molar-refractivity contribution in [1.29, 1.82) is 0 Å². The van der Waals surface area contributed by atoms with E-state index in [2.05, 4.69) is 20.8 Å². The third kappa shape index (κ3) is 4.39. The van der Waals surface area contributed by atoms with Gasteiger partial charge in [0.1, 0.15) is 0 Å². The van der Waals surface area contributed by atoms with Crippen molar-refractivity contribution in [3.8, 4) is 0 Å². The first kappa shape index (κ1) is 15.8. The largest absolute Gasteiger partial charge is 0.296 e. The summed E-state index contributed by atoms with van der Waals surface area (Å²) >= 11 is 0. The van der Waals surface area contributed by atoms with Crippen LogP contribution in [-0.2, 0) is 0 Å². The molecule has 106 valence electrons. The topological polar surface area (TPSA) is 20.3 Å². The summed E-state index contributed by atoms with van der Waals surface area (Å²) in [5, 5.41) is 0. The van der Waals surface area contributed by atoms with Gasteiger partial charge in [0.25, 0.3) is 0 Å². The van der Waals surface area contributed by atoms with Gasteiger partial charge in [0, 0.05) is 12.1 Å². The summed E-state index contributed by atoms with van der Waals surface area (Å²) < 4.78 is 26.0. The van der Waals surface area contributed by atoms with Gasteiger partial charge < -0.3 is 0 Å². The Hall–Kier alpha value is -1.29. The first-order chi connectivity index (χ1) is 8.61. The van der Waals surface area contributed by atoms with Gasteiger partial charge in [-0.15, -0.1) is 0 Å². The number of nitrogens with zero attached hydrogens (tertiary/aromatic N) is 1. The molecule has 0 saturated carbocycles. The highest BCUT2D eigenvalue weighted by Gasteiger charge is 2.24. The SMILES string of the molecule is CC(C(=O)c1ccc(F)c(F)c1)N(C)CC(C)(C)C. The summed E-state index contributed by atoms with van der Waals surface area (Å²) in [6.07, 6.45) is 0. The zero-order chi connectivity index (χ0) is 14.8. The maximum atomic E-state index is 13.1. The van der Waals surface area contributed by atoms with Gasteiger partial charge in [-0.2, -0.15) is 0 Å². The second-order valence-electron chi connectivity index (χ2n) is 6.14. The maximum Gasteiger partial charge on any atom is 0.179 e. The quantitative estimate of drug-likeness (QED) is 0.780. The van der Waals surface area contributed by atoms with Gasteiger partial charge in [0.15, 0.2) is 17.4 Å². The fraction of sp³-hybridized carbons (Fsp3) is 0.533. The van der Waals surface area contributed by atoms with E-state index in [1.807, 2.05) is 11.9 Å². The van der Waals surface area contributed by atoms with Crippen LogP contribution in [0.2, 0.25) is 0 Å². The summed E-state index contributed by atoms with van der Waals surface area (Å²) in [6.45, 7) is 8.76. The van der Waals surface area contributed by atoms with Gasteiger partial charge in [-0.3, -0.25) is 9.69 Å². The van der Waals surface area contributed by atoms with Crippen molar-refractivity contribution in [3.63, 3.8) is 0 Å². The first-order valence-corrected chi connectivity index (χ1v) is 6.31. The van der Waals surface area contributed by atoms with Crippen LogP contribution < -0.4 is 0 Å². The van der Waals surface area contributed by atoms with Crippen molar-refractivity contribution in [3.05, 3.63) is 35.4 Å². The Kier molecular flexibility index (Phi) is 4.80. The van der Waals surface area contributed by atoms with Crippen LogP contribution in [0, 0.1) is 17.0 Å². The van der Waals surface area contributed by atoms with Crippen molar-refractivity contribution in [2.24, 2.45) is 5.41 Å². The molecule has 0 N–H and O–H groups in total. The molecule has 0 aromatic heterocycles. The normalized spacial score (nSPS) is 13.7. The van der Waals surface area contributed by atoms with Crippen molar-refractivity contribution in [2.45, 2.75) is 33.7 Å². The Labute approximate surface area is 113 Å². The number of halogens is 2. The highest BCUT2D eigenvalue weighted by molar-refractivity contribution is 5.99. The average molecular weight is 269 g/mol. The molecule has 1 unspecified atom stereocenters. The molecule has 0 radical (unpaired) electrons. The molecule has 1 aromatic rings. The third-order valence-electron chi connectivity index (χ3n) is 2.97. The van der Waals surface area contributed by atoms with Crippen molar-refractivity contribution in [1.82, 2.24) is 4.90 Å². The number of carbonyl (C=O) groups is 1. The number of rotatable bonds is 4. The number of Topliss-reactive ketones (excluding diaryl/α,β-unsaturated/α-hetero) is 1. The molecule has 19 heavy (non-hydrogen) atoms. The number of hydrogen-bond donors (Lipinski definition) is 0. The Morgan fingerprint density at radius 2 is 1.84 bits per heavy atom. The average Bonchev–Trinajstić information content (AvgIpc) is 2.28. The molecule has 0 fully saturated rings. The molecule has 0 amide bonds. The molecule has 1 rings (SSSR count). The lowest BCUT2D eigenvalue weighted by Crippen LogP contribution is -2.40. The van der Waals surface area contributed by atoms with Crippen molar-refractivity contribution in [2.75, 3.05) is 13.6 Å². The van der Waals surface area contributed by atoms with E-state index in [-0.39, 0.29) is 22.8 Å². The van der Waals surface area contributed by atoms with Crippen molar-refractivity contribution >= 4 is 5.78 Å². The predicted octanol–water partition coefficient (Wildman–Crippen LogP) is 3.51. The number of benzene rings is 1.